The first kappa shape index (κ1) is 31.1. The second-order valence-electron chi connectivity index (χ2n) is 17.4. The molecule has 6 aromatic carbocycles. The predicted molar refractivity (Wildman–Crippen MR) is 213 cm³/mol. The minimum atomic E-state index is -0.233. The minimum absolute atomic E-state index is 0.0949. The zero-order chi connectivity index (χ0) is 35.0. The molecule has 0 spiro atoms. The molecule has 0 fully saturated rings. The third-order valence-electron chi connectivity index (χ3n) is 12.3. The van der Waals surface area contributed by atoms with E-state index in [0.29, 0.717) is 0 Å². The highest BCUT2D eigenvalue weighted by molar-refractivity contribution is 6.05. The van der Waals surface area contributed by atoms with Crippen molar-refractivity contribution in [1.82, 2.24) is 0 Å². The number of fused-ring (bicyclic) bond motifs is 9. The topological polar surface area (TPSA) is 3.24 Å². The summed E-state index contributed by atoms with van der Waals surface area (Å²) in [6.45, 7) is 21.9. The average molecular weight is 650 g/mol. The van der Waals surface area contributed by atoms with Crippen LogP contribution in [0.5, 0.6) is 0 Å². The normalized spacial score (nSPS) is 16.6. The number of hydrogen-bond acceptors (Lipinski definition) is 1. The smallest absolute Gasteiger partial charge is 0.0556 e. The lowest BCUT2D eigenvalue weighted by molar-refractivity contribution is 0.587. The highest BCUT2D eigenvalue weighted by atomic mass is 15.2. The molecule has 0 unspecified atom stereocenters. The van der Waals surface area contributed by atoms with Crippen molar-refractivity contribution in [2.24, 2.45) is 0 Å². The van der Waals surface area contributed by atoms with E-state index in [1.807, 2.05) is 0 Å². The van der Waals surface area contributed by atoms with Crippen molar-refractivity contribution in [3.8, 4) is 33.4 Å². The van der Waals surface area contributed by atoms with Gasteiger partial charge in [0, 0.05) is 27.5 Å². The molecule has 248 valence electrons. The first-order valence-electron chi connectivity index (χ1n) is 18.3. The summed E-state index contributed by atoms with van der Waals surface area (Å²) in [5.41, 5.74) is 21.4. The second kappa shape index (κ2) is 10.1. The van der Waals surface area contributed by atoms with Gasteiger partial charge in [0.25, 0.3) is 0 Å². The van der Waals surface area contributed by atoms with Crippen molar-refractivity contribution >= 4 is 17.1 Å². The number of hydrogen-bond donors (Lipinski definition) is 0. The Balaban J connectivity index is 1.53. The van der Waals surface area contributed by atoms with Gasteiger partial charge in [-0.25, -0.2) is 0 Å². The number of benzene rings is 6. The van der Waals surface area contributed by atoms with Gasteiger partial charge in [0.05, 0.1) is 11.4 Å². The lowest BCUT2D eigenvalue weighted by Crippen LogP contribution is -2.28. The van der Waals surface area contributed by atoms with E-state index in [1.165, 1.54) is 89.4 Å². The number of nitrogens with zero attached hydrogens (tertiary/aromatic N) is 1. The maximum atomic E-state index is 2.67. The van der Waals surface area contributed by atoms with E-state index in [4.69, 9.17) is 0 Å². The summed E-state index contributed by atoms with van der Waals surface area (Å²) in [6.07, 6.45) is 0. The Labute approximate surface area is 298 Å². The third kappa shape index (κ3) is 3.90. The van der Waals surface area contributed by atoms with Crippen LogP contribution in [0.4, 0.5) is 17.1 Å². The average Bonchev–Trinajstić information content (AvgIpc) is 3.59. The van der Waals surface area contributed by atoms with Crippen LogP contribution in [0, 0.1) is 0 Å². The van der Waals surface area contributed by atoms with Crippen LogP contribution >= 0.6 is 0 Å². The quantitative estimate of drug-likeness (QED) is 0.184. The molecule has 0 aromatic heterocycles. The van der Waals surface area contributed by atoms with E-state index in [1.54, 1.807) is 0 Å². The van der Waals surface area contributed by atoms with Gasteiger partial charge < -0.3 is 4.90 Å². The monoisotopic (exact) mass is 649 g/mol. The van der Waals surface area contributed by atoms with E-state index in [0.717, 1.165) is 0 Å². The molecule has 3 aliphatic carbocycles. The van der Waals surface area contributed by atoms with Gasteiger partial charge in [-0.05, 0) is 90.4 Å². The molecule has 1 heteroatoms. The lowest BCUT2D eigenvalue weighted by atomic mass is 9.70. The molecule has 6 aromatic rings. The molecule has 0 heterocycles. The van der Waals surface area contributed by atoms with Crippen LogP contribution in [0.15, 0.2) is 121 Å². The van der Waals surface area contributed by atoms with Crippen LogP contribution < -0.4 is 4.90 Å². The van der Waals surface area contributed by atoms with Crippen molar-refractivity contribution in [3.05, 3.63) is 160 Å². The summed E-state index contributed by atoms with van der Waals surface area (Å²) < 4.78 is 0. The van der Waals surface area contributed by atoms with Gasteiger partial charge in [0.1, 0.15) is 0 Å². The SMILES string of the molecule is CC(C)(C)c1c2c(c(N(c3ccccc3)c3cccc4c3-c3ccccc3C4(C)C)c3c1-c1ccccc1C3(C)C)C(C)(C)c1ccccc1-2. The highest BCUT2D eigenvalue weighted by Gasteiger charge is 2.50. The zero-order valence-electron chi connectivity index (χ0n) is 31.0. The lowest BCUT2D eigenvalue weighted by Gasteiger charge is -2.40. The van der Waals surface area contributed by atoms with Gasteiger partial charge in [-0.15, -0.1) is 0 Å². The van der Waals surface area contributed by atoms with Gasteiger partial charge >= 0.3 is 0 Å². The number of rotatable bonds is 3. The van der Waals surface area contributed by atoms with Crippen molar-refractivity contribution < 1.29 is 0 Å². The van der Waals surface area contributed by atoms with E-state index in [-0.39, 0.29) is 21.7 Å². The van der Waals surface area contributed by atoms with E-state index >= 15 is 0 Å². The Hall–Kier alpha value is -4.88. The molecule has 0 saturated carbocycles. The Kier molecular flexibility index (Phi) is 6.29. The van der Waals surface area contributed by atoms with Crippen LogP contribution in [-0.2, 0) is 21.7 Å². The van der Waals surface area contributed by atoms with Gasteiger partial charge in [0.15, 0.2) is 0 Å². The standard InChI is InChI=1S/C49H47N/c1-46(2,3)42-40-32-23-14-17-26-35(32)48(6,7)43(40)45(44-41(42)33-24-15-18-27-36(33)49(44,8)9)50(30-20-11-10-12-21-30)38-29-19-28-37-39(38)31-22-13-16-25-34(31)47(37,4)5/h10-29H,1-9H3. The number of anilines is 3. The Morgan fingerprint density at radius 2 is 0.840 bits per heavy atom. The summed E-state index contributed by atoms with van der Waals surface area (Å²) in [7, 11) is 0. The van der Waals surface area contributed by atoms with Gasteiger partial charge in [-0.3, -0.25) is 0 Å². The van der Waals surface area contributed by atoms with E-state index in [9.17, 15) is 0 Å². The van der Waals surface area contributed by atoms with Crippen molar-refractivity contribution in [2.45, 2.75) is 84.0 Å². The maximum absolute atomic E-state index is 2.67. The Morgan fingerprint density at radius 3 is 1.34 bits per heavy atom. The second-order valence-corrected chi connectivity index (χ2v) is 17.4. The molecule has 50 heavy (non-hydrogen) atoms. The number of para-hydroxylation sites is 1. The first-order valence-corrected chi connectivity index (χ1v) is 18.3. The van der Waals surface area contributed by atoms with Crippen LogP contribution in [-0.4, -0.2) is 0 Å². The van der Waals surface area contributed by atoms with Crippen LogP contribution in [0.25, 0.3) is 33.4 Å². The van der Waals surface area contributed by atoms with Crippen LogP contribution in [0.3, 0.4) is 0 Å². The Morgan fingerprint density at radius 1 is 0.420 bits per heavy atom. The fourth-order valence-corrected chi connectivity index (χ4v) is 10.1. The van der Waals surface area contributed by atoms with Crippen molar-refractivity contribution in [1.29, 1.82) is 0 Å². The molecular weight excluding hydrogens is 603 g/mol. The first-order chi connectivity index (χ1) is 23.8. The van der Waals surface area contributed by atoms with Crippen LogP contribution in [0.1, 0.15) is 101 Å². The molecule has 0 atom stereocenters. The summed E-state index contributed by atoms with van der Waals surface area (Å²) in [5.74, 6) is 0. The fraction of sp³-hybridized carbons (Fsp3) is 0.265. The zero-order valence-corrected chi connectivity index (χ0v) is 31.0. The third-order valence-corrected chi connectivity index (χ3v) is 12.3. The summed E-state index contributed by atoms with van der Waals surface area (Å²) >= 11 is 0. The van der Waals surface area contributed by atoms with Gasteiger partial charge in [0.2, 0.25) is 0 Å². The molecule has 1 nitrogen and oxygen atoms in total. The maximum Gasteiger partial charge on any atom is 0.0556 e. The summed E-state index contributed by atoms with van der Waals surface area (Å²) in [4.78, 5) is 2.67. The Bertz CT molecular complexity index is 2290. The molecule has 0 radical (unpaired) electrons. The summed E-state index contributed by atoms with van der Waals surface area (Å²) in [6, 6.07) is 45.7. The van der Waals surface area contributed by atoms with Crippen molar-refractivity contribution in [2.75, 3.05) is 4.90 Å². The van der Waals surface area contributed by atoms with Crippen LogP contribution in [0.2, 0.25) is 0 Å². The largest absolute Gasteiger partial charge is 0.309 e. The highest BCUT2D eigenvalue weighted by Crippen LogP contribution is 2.66. The van der Waals surface area contributed by atoms with Gasteiger partial charge in [-0.1, -0.05) is 165 Å². The fourth-order valence-electron chi connectivity index (χ4n) is 10.1. The van der Waals surface area contributed by atoms with E-state index < -0.39 is 0 Å². The van der Waals surface area contributed by atoms with E-state index in [2.05, 4.69) is 189 Å². The summed E-state index contributed by atoms with van der Waals surface area (Å²) in [5, 5.41) is 0. The molecule has 3 aliphatic rings. The molecule has 0 amide bonds. The molecule has 0 aliphatic heterocycles. The molecule has 0 bridgehead atoms. The van der Waals surface area contributed by atoms with Gasteiger partial charge in [-0.2, -0.15) is 0 Å². The molecule has 0 saturated heterocycles. The predicted octanol–water partition coefficient (Wildman–Crippen LogP) is 13.4. The minimum Gasteiger partial charge on any atom is -0.309 e. The molecule has 0 N–H and O–H groups in total. The van der Waals surface area contributed by atoms with Crippen molar-refractivity contribution in [3.63, 3.8) is 0 Å². The molecular formula is C49H47N. The molecule has 9 rings (SSSR count).